The molecule has 1 amide bonds. The van der Waals surface area contributed by atoms with Crippen molar-refractivity contribution in [3.05, 3.63) is 18.0 Å². The molecule has 2 rings (SSSR count). The predicted molar refractivity (Wildman–Crippen MR) is 80.9 cm³/mol. The number of carbonyl (C=O) groups excluding carboxylic acids is 1. The highest BCUT2D eigenvalue weighted by Crippen LogP contribution is 2.21. The van der Waals surface area contributed by atoms with Crippen molar-refractivity contribution >= 4 is 6.09 Å². The van der Waals surface area contributed by atoms with Crippen molar-refractivity contribution < 1.29 is 9.53 Å². The molecule has 0 spiro atoms. The largest absolute Gasteiger partial charge is 0.444 e. The summed E-state index contributed by atoms with van der Waals surface area (Å²) in [6, 6.07) is 2.35. The van der Waals surface area contributed by atoms with Crippen LogP contribution < -0.4 is 5.32 Å². The van der Waals surface area contributed by atoms with Crippen LogP contribution in [0, 0.1) is 0 Å². The maximum Gasteiger partial charge on any atom is 0.410 e. The summed E-state index contributed by atoms with van der Waals surface area (Å²) in [6.07, 6.45) is 3.58. The van der Waals surface area contributed by atoms with E-state index in [4.69, 9.17) is 4.74 Å². The second-order valence-electron chi connectivity index (χ2n) is 6.63. The topological polar surface area (TPSA) is 70.2 Å². The summed E-state index contributed by atoms with van der Waals surface area (Å²) < 4.78 is 5.49. The fraction of sp³-hybridized carbons (Fsp3) is 0.733. The maximum atomic E-state index is 12.3. The third-order valence-electron chi connectivity index (χ3n) is 3.73. The number of hydrogen-bond donors (Lipinski definition) is 2. The van der Waals surface area contributed by atoms with Crippen LogP contribution in [0.1, 0.15) is 46.2 Å². The van der Waals surface area contributed by atoms with Gasteiger partial charge in [0, 0.05) is 37.1 Å². The summed E-state index contributed by atoms with van der Waals surface area (Å²) in [4.78, 5) is 14.1. The second-order valence-corrected chi connectivity index (χ2v) is 6.63. The van der Waals surface area contributed by atoms with Gasteiger partial charge >= 0.3 is 6.09 Å². The first-order valence-electron chi connectivity index (χ1n) is 7.58. The quantitative estimate of drug-likeness (QED) is 0.897. The molecular weight excluding hydrogens is 268 g/mol. The van der Waals surface area contributed by atoms with Crippen LogP contribution in [0.2, 0.25) is 0 Å². The van der Waals surface area contributed by atoms with E-state index in [1.165, 1.54) is 0 Å². The van der Waals surface area contributed by atoms with Crippen molar-refractivity contribution in [3.8, 4) is 0 Å². The zero-order chi connectivity index (χ0) is 15.5. The molecule has 1 saturated heterocycles. The van der Waals surface area contributed by atoms with Crippen LogP contribution in [-0.4, -0.2) is 45.4 Å². The van der Waals surface area contributed by atoms with Gasteiger partial charge in [-0.1, -0.05) is 0 Å². The minimum atomic E-state index is -0.451. The van der Waals surface area contributed by atoms with Crippen LogP contribution in [0.15, 0.2) is 12.3 Å². The van der Waals surface area contributed by atoms with Crippen molar-refractivity contribution in [3.63, 3.8) is 0 Å². The van der Waals surface area contributed by atoms with Gasteiger partial charge in [-0.15, -0.1) is 0 Å². The molecule has 6 heteroatoms. The summed E-state index contributed by atoms with van der Waals surface area (Å²) in [6.45, 7) is 9.26. The van der Waals surface area contributed by atoms with E-state index in [2.05, 4.69) is 22.4 Å². The lowest BCUT2D eigenvalue weighted by Crippen LogP contribution is -2.55. The maximum absolute atomic E-state index is 12.3. The van der Waals surface area contributed by atoms with Gasteiger partial charge in [0.25, 0.3) is 0 Å². The number of nitrogens with one attached hydrogen (secondary N) is 2. The average Bonchev–Trinajstić information content (AvgIpc) is 2.88. The van der Waals surface area contributed by atoms with E-state index in [1.54, 1.807) is 6.20 Å². The number of rotatable bonds is 3. The molecule has 1 aromatic rings. The van der Waals surface area contributed by atoms with E-state index in [1.807, 2.05) is 31.7 Å². The smallest absolute Gasteiger partial charge is 0.410 e. The second kappa shape index (κ2) is 6.47. The molecule has 0 bridgehead atoms. The van der Waals surface area contributed by atoms with Crippen molar-refractivity contribution in [2.45, 2.75) is 64.8 Å². The molecule has 1 fully saturated rings. The molecule has 21 heavy (non-hydrogen) atoms. The molecule has 2 heterocycles. The van der Waals surface area contributed by atoms with Gasteiger partial charge in [0.1, 0.15) is 5.60 Å². The van der Waals surface area contributed by atoms with Gasteiger partial charge in [-0.3, -0.25) is 5.10 Å². The lowest BCUT2D eigenvalue weighted by molar-refractivity contribution is 0.00697. The van der Waals surface area contributed by atoms with E-state index in [9.17, 15) is 4.79 Å². The SMILES string of the molecule is CC1C(NCc2ccn[nH]2)CCCN1C(=O)OC(C)(C)C. The first kappa shape index (κ1) is 15.8. The summed E-state index contributed by atoms with van der Waals surface area (Å²) >= 11 is 0. The van der Waals surface area contributed by atoms with Crippen molar-refractivity contribution in [1.82, 2.24) is 20.4 Å². The van der Waals surface area contributed by atoms with Crippen molar-refractivity contribution in [2.75, 3.05) is 6.54 Å². The van der Waals surface area contributed by atoms with Crippen LogP contribution in [0.5, 0.6) is 0 Å². The third kappa shape index (κ3) is 4.46. The molecule has 1 aromatic heterocycles. The number of aromatic amines is 1. The van der Waals surface area contributed by atoms with Gasteiger partial charge < -0.3 is 15.0 Å². The number of ether oxygens (including phenoxy) is 1. The van der Waals surface area contributed by atoms with E-state index in [0.717, 1.165) is 31.6 Å². The van der Waals surface area contributed by atoms with Crippen LogP contribution in [-0.2, 0) is 11.3 Å². The molecule has 1 aliphatic heterocycles. The zero-order valence-corrected chi connectivity index (χ0v) is 13.3. The fourth-order valence-electron chi connectivity index (χ4n) is 2.62. The Balaban J connectivity index is 1.91. The molecule has 1 aliphatic rings. The van der Waals surface area contributed by atoms with Gasteiger partial charge in [-0.05, 0) is 46.6 Å². The van der Waals surface area contributed by atoms with Crippen LogP contribution in [0.25, 0.3) is 0 Å². The Kier molecular flexibility index (Phi) is 4.88. The molecule has 0 aliphatic carbocycles. The minimum absolute atomic E-state index is 0.122. The highest BCUT2D eigenvalue weighted by molar-refractivity contribution is 5.68. The Bertz CT molecular complexity index is 453. The normalized spacial score (nSPS) is 23.1. The predicted octanol–water partition coefficient (Wildman–Crippen LogP) is 2.29. The first-order valence-corrected chi connectivity index (χ1v) is 7.58. The van der Waals surface area contributed by atoms with Crippen molar-refractivity contribution in [1.29, 1.82) is 0 Å². The lowest BCUT2D eigenvalue weighted by atomic mass is 9.98. The van der Waals surface area contributed by atoms with E-state index in [-0.39, 0.29) is 18.2 Å². The molecule has 0 saturated carbocycles. The number of amides is 1. The highest BCUT2D eigenvalue weighted by atomic mass is 16.6. The highest BCUT2D eigenvalue weighted by Gasteiger charge is 2.33. The third-order valence-corrected chi connectivity index (χ3v) is 3.73. The van der Waals surface area contributed by atoms with Gasteiger partial charge in [-0.2, -0.15) is 5.10 Å². The number of carbonyl (C=O) groups is 1. The first-order chi connectivity index (χ1) is 9.87. The van der Waals surface area contributed by atoms with Gasteiger partial charge in [0.05, 0.1) is 0 Å². The molecule has 6 nitrogen and oxygen atoms in total. The van der Waals surface area contributed by atoms with Crippen LogP contribution in [0.3, 0.4) is 0 Å². The Morgan fingerprint density at radius 2 is 2.33 bits per heavy atom. The fourth-order valence-corrected chi connectivity index (χ4v) is 2.62. The van der Waals surface area contributed by atoms with E-state index < -0.39 is 5.60 Å². The van der Waals surface area contributed by atoms with Gasteiger partial charge in [0.15, 0.2) is 0 Å². The Hall–Kier alpha value is -1.56. The molecule has 2 unspecified atom stereocenters. The monoisotopic (exact) mass is 294 g/mol. The van der Waals surface area contributed by atoms with E-state index >= 15 is 0 Å². The molecule has 118 valence electrons. The summed E-state index contributed by atoms with van der Waals surface area (Å²) in [7, 11) is 0. The number of piperidine rings is 1. The number of likely N-dealkylation sites (tertiary alicyclic amines) is 1. The summed E-state index contributed by atoms with van der Waals surface area (Å²) in [5.41, 5.74) is 0.601. The minimum Gasteiger partial charge on any atom is -0.444 e. The Morgan fingerprint density at radius 1 is 1.57 bits per heavy atom. The number of H-pyrrole nitrogens is 1. The van der Waals surface area contributed by atoms with Crippen LogP contribution in [0.4, 0.5) is 4.79 Å². The van der Waals surface area contributed by atoms with E-state index in [0.29, 0.717) is 0 Å². The molecule has 2 N–H and O–H groups in total. The number of aromatic nitrogens is 2. The van der Waals surface area contributed by atoms with Crippen molar-refractivity contribution in [2.24, 2.45) is 0 Å². The zero-order valence-electron chi connectivity index (χ0n) is 13.3. The molecule has 0 radical (unpaired) electrons. The van der Waals surface area contributed by atoms with Gasteiger partial charge in [0.2, 0.25) is 0 Å². The van der Waals surface area contributed by atoms with Crippen LogP contribution >= 0.6 is 0 Å². The molecular formula is C15H26N4O2. The standard InChI is InChI=1S/C15H26N4O2/c1-11-13(16-10-12-7-8-17-18-12)6-5-9-19(11)14(20)21-15(2,3)4/h7-8,11,13,16H,5-6,9-10H2,1-4H3,(H,17,18). The Morgan fingerprint density at radius 3 is 2.95 bits per heavy atom. The summed E-state index contributed by atoms with van der Waals surface area (Å²) in [5, 5.41) is 10.4. The average molecular weight is 294 g/mol. The number of hydrogen-bond acceptors (Lipinski definition) is 4. The lowest BCUT2D eigenvalue weighted by Gasteiger charge is -2.40. The molecule has 0 aromatic carbocycles. The summed E-state index contributed by atoms with van der Waals surface area (Å²) in [5.74, 6) is 0. The number of nitrogens with zero attached hydrogens (tertiary/aromatic N) is 2. The Labute approximate surface area is 126 Å². The van der Waals surface area contributed by atoms with Gasteiger partial charge in [-0.25, -0.2) is 4.79 Å². The molecule has 2 atom stereocenters.